The Labute approximate surface area is 133 Å². The number of phenols is 1. The molecule has 0 aliphatic carbocycles. The van der Waals surface area contributed by atoms with Crippen molar-refractivity contribution in [3.05, 3.63) is 34.7 Å². The van der Waals surface area contributed by atoms with E-state index >= 15 is 0 Å². The van der Waals surface area contributed by atoms with Crippen LogP contribution in [0.1, 0.15) is 46.8 Å². The molecule has 2 aromatic rings. The standard InChI is InChI=1S/C16H18N2O5/c1-4-11(15-8(2)18-23-9(15)3)17-16(20)10-5-13-14(6-12(10)19)22-7-21-13/h5-6,11,19H,4,7H2,1-3H3,(H,17,20)/t11-/m1/s1. The second kappa shape index (κ2) is 5.83. The molecule has 2 N–H and O–H groups in total. The summed E-state index contributed by atoms with van der Waals surface area (Å²) in [6.45, 7) is 5.67. The van der Waals surface area contributed by atoms with Crippen LogP contribution in [0.5, 0.6) is 17.2 Å². The van der Waals surface area contributed by atoms with E-state index in [1.54, 1.807) is 0 Å². The molecule has 0 radical (unpaired) electrons. The molecule has 1 aliphatic rings. The number of aryl methyl sites for hydroxylation is 2. The Morgan fingerprint density at radius 3 is 2.65 bits per heavy atom. The van der Waals surface area contributed by atoms with Crippen molar-refractivity contribution in [3.63, 3.8) is 0 Å². The number of carbonyl (C=O) groups is 1. The highest BCUT2D eigenvalue weighted by Crippen LogP contribution is 2.37. The maximum atomic E-state index is 12.5. The highest BCUT2D eigenvalue weighted by atomic mass is 16.7. The van der Waals surface area contributed by atoms with Crippen molar-refractivity contribution in [1.82, 2.24) is 10.5 Å². The Bertz CT molecular complexity index is 734. The molecule has 1 aliphatic heterocycles. The summed E-state index contributed by atoms with van der Waals surface area (Å²) >= 11 is 0. The van der Waals surface area contributed by atoms with Gasteiger partial charge in [-0.3, -0.25) is 4.79 Å². The molecule has 122 valence electrons. The van der Waals surface area contributed by atoms with E-state index in [0.29, 0.717) is 23.7 Å². The van der Waals surface area contributed by atoms with Crippen LogP contribution in [-0.2, 0) is 0 Å². The first-order valence-corrected chi connectivity index (χ1v) is 7.37. The molecule has 1 aromatic heterocycles. The number of aromatic hydroxyl groups is 1. The van der Waals surface area contributed by atoms with Gasteiger partial charge in [0.2, 0.25) is 6.79 Å². The van der Waals surface area contributed by atoms with Crippen LogP contribution in [-0.4, -0.2) is 23.0 Å². The Kier molecular flexibility index (Phi) is 3.85. The zero-order valence-electron chi connectivity index (χ0n) is 13.2. The van der Waals surface area contributed by atoms with Crippen molar-refractivity contribution in [3.8, 4) is 17.2 Å². The third-order valence-corrected chi connectivity index (χ3v) is 3.89. The number of fused-ring (bicyclic) bond motifs is 1. The molecule has 1 amide bonds. The van der Waals surface area contributed by atoms with Crippen molar-refractivity contribution < 1.29 is 23.9 Å². The summed E-state index contributed by atoms with van der Waals surface area (Å²) in [6, 6.07) is 2.61. The minimum absolute atomic E-state index is 0.0799. The van der Waals surface area contributed by atoms with Crippen LogP contribution in [0.4, 0.5) is 0 Å². The number of ether oxygens (including phenoxy) is 2. The lowest BCUT2D eigenvalue weighted by atomic mass is 10.0. The van der Waals surface area contributed by atoms with Gasteiger partial charge in [0.1, 0.15) is 11.5 Å². The van der Waals surface area contributed by atoms with Crippen LogP contribution in [0.15, 0.2) is 16.7 Å². The number of aromatic nitrogens is 1. The van der Waals surface area contributed by atoms with Gasteiger partial charge in [0.15, 0.2) is 11.5 Å². The van der Waals surface area contributed by atoms with Gasteiger partial charge in [-0.05, 0) is 20.3 Å². The fraction of sp³-hybridized carbons (Fsp3) is 0.375. The number of hydrogen-bond acceptors (Lipinski definition) is 6. The summed E-state index contributed by atoms with van der Waals surface area (Å²) in [7, 11) is 0. The predicted molar refractivity (Wildman–Crippen MR) is 80.7 cm³/mol. The number of hydrogen-bond donors (Lipinski definition) is 2. The molecule has 1 atom stereocenters. The van der Waals surface area contributed by atoms with Crippen LogP contribution < -0.4 is 14.8 Å². The normalized spacial score (nSPS) is 13.9. The average molecular weight is 318 g/mol. The Morgan fingerprint density at radius 2 is 2.04 bits per heavy atom. The first-order valence-electron chi connectivity index (χ1n) is 7.37. The van der Waals surface area contributed by atoms with Gasteiger partial charge < -0.3 is 24.4 Å². The molecule has 23 heavy (non-hydrogen) atoms. The Hall–Kier alpha value is -2.70. The lowest BCUT2D eigenvalue weighted by Crippen LogP contribution is -2.28. The SMILES string of the molecule is CC[C@@H](NC(=O)c1cc2c(cc1O)OCO2)c1c(C)noc1C. The summed E-state index contributed by atoms with van der Waals surface area (Å²) in [5, 5.41) is 16.9. The lowest BCUT2D eigenvalue weighted by molar-refractivity contribution is 0.0932. The number of rotatable bonds is 4. The first kappa shape index (κ1) is 15.2. The third-order valence-electron chi connectivity index (χ3n) is 3.89. The largest absolute Gasteiger partial charge is 0.507 e. The van der Waals surface area contributed by atoms with Gasteiger partial charge in [-0.1, -0.05) is 12.1 Å². The van der Waals surface area contributed by atoms with Crippen LogP contribution in [0.2, 0.25) is 0 Å². The van der Waals surface area contributed by atoms with Gasteiger partial charge in [-0.2, -0.15) is 0 Å². The summed E-state index contributed by atoms with van der Waals surface area (Å²) in [5.74, 6) is 0.993. The molecule has 0 spiro atoms. The van der Waals surface area contributed by atoms with Crippen LogP contribution in [0, 0.1) is 13.8 Å². The third kappa shape index (κ3) is 2.69. The molecule has 0 bridgehead atoms. The van der Waals surface area contributed by atoms with E-state index in [1.807, 2.05) is 20.8 Å². The van der Waals surface area contributed by atoms with Crippen LogP contribution in [0.25, 0.3) is 0 Å². The van der Waals surface area contributed by atoms with Gasteiger partial charge in [0.05, 0.1) is 17.3 Å². The van der Waals surface area contributed by atoms with E-state index in [-0.39, 0.29) is 24.1 Å². The molecule has 0 fully saturated rings. The van der Waals surface area contributed by atoms with Crippen LogP contribution in [0.3, 0.4) is 0 Å². The number of nitrogens with one attached hydrogen (secondary N) is 1. The minimum Gasteiger partial charge on any atom is -0.507 e. The molecule has 0 saturated carbocycles. The first-order chi connectivity index (χ1) is 11.0. The second-order valence-electron chi connectivity index (χ2n) is 5.39. The van der Waals surface area contributed by atoms with E-state index in [2.05, 4.69) is 10.5 Å². The molecule has 7 nitrogen and oxygen atoms in total. The summed E-state index contributed by atoms with van der Waals surface area (Å²) in [5.41, 5.74) is 1.74. The lowest BCUT2D eigenvalue weighted by Gasteiger charge is -2.17. The van der Waals surface area contributed by atoms with Crippen molar-refractivity contribution in [2.75, 3.05) is 6.79 Å². The molecule has 7 heteroatoms. The molecule has 2 heterocycles. The predicted octanol–water partition coefficient (Wildman–Crippen LogP) is 2.61. The van der Waals surface area contributed by atoms with Crippen molar-refractivity contribution >= 4 is 5.91 Å². The number of nitrogens with zero attached hydrogens (tertiary/aromatic N) is 1. The summed E-state index contributed by atoms with van der Waals surface area (Å²) in [6.07, 6.45) is 0.667. The smallest absolute Gasteiger partial charge is 0.255 e. The average Bonchev–Trinajstić information content (AvgIpc) is 3.10. The van der Waals surface area contributed by atoms with E-state index in [0.717, 1.165) is 11.3 Å². The van der Waals surface area contributed by atoms with E-state index in [4.69, 9.17) is 14.0 Å². The molecular weight excluding hydrogens is 300 g/mol. The zero-order valence-corrected chi connectivity index (χ0v) is 13.2. The minimum atomic E-state index is -0.396. The number of benzene rings is 1. The topological polar surface area (TPSA) is 93.8 Å². The maximum Gasteiger partial charge on any atom is 0.255 e. The van der Waals surface area contributed by atoms with Gasteiger partial charge in [-0.15, -0.1) is 0 Å². The van der Waals surface area contributed by atoms with Gasteiger partial charge in [-0.25, -0.2) is 0 Å². The Morgan fingerprint density at radius 1 is 1.35 bits per heavy atom. The van der Waals surface area contributed by atoms with Gasteiger partial charge in [0, 0.05) is 17.7 Å². The number of amides is 1. The number of carbonyl (C=O) groups excluding carboxylic acids is 1. The van der Waals surface area contributed by atoms with E-state index in [1.165, 1.54) is 12.1 Å². The Balaban J connectivity index is 1.86. The fourth-order valence-electron chi connectivity index (χ4n) is 2.72. The molecule has 1 aromatic carbocycles. The van der Waals surface area contributed by atoms with Gasteiger partial charge >= 0.3 is 0 Å². The van der Waals surface area contributed by atoms with Crippen molar-refractivity contribution in [1.29, 1.82) is 0 Å². The molecule has 3 rings (SSSR count). The molecular formula is C16H18N2O5. The van der Waals surface area contributed by atoms with Crippen molar-refractivity contribution in [2.24, 2.45) is 0 Å². The van der Waals surface area contributed by atoms with Crippen molar-refractivity contribution in [2.45, 2.75) is 33.2 Å². The zero-order chi connectivity index (χ0) is 16.6. The van der Waals surface area contributed by atoms with E-state index < -0.39 is 5.91 Å². The van der Waals surface area contributed by atoms with Gasteiger partial charge in [0.25, 0.3) is 5.91 Å². The molecule has 0 unspecified atom stereocenters. The highest BCUT2D eigenvalue weighted by Gasteiger charge is 2.25. The van der Waals surface area contributed by atoms with Crippen LogP contribution >= 0.6 is 0 Å². The maximum absolute atomic E-state index is 12.5. The van der Waals surface area contributed by atoms with E-state index in [9.17, 15) is 9.90 Å². The summed E-state index contributed by atoms with van der Waals surface area (Å²) in [4.78, 5) is 12.5. The highest BCUT2D eigenvalue weighted by molar-refractivity contribution is 5.98. The fourth-order valence-corrected chi connectivity index (χ4v) is 2.72. The monoisotopic (exact) mass is 318 g/mol. The molecule has 0 saturated heterocycles. The quantitative estimate of drug-likeness (QED) is 0.900. The number of phenolic OH excluding ortho intramolecular Hbond substituents is 1. The second-order valence-corrected chi connectivity index (χ2v) is 5.39. The summed E-state index contributed by atoms with van der Waals surface area (Å²) < 4.78 is 15.6.